The van der Waals surface area contributed by atoms with Crippen LogP contribution in [0.1, 0.15) is 17.5 Å². The van der Waals surface area contributed by atoms with Crippen molar-refractivity contribution in [2.75, 3.05) is 23.9 Å². The fraction of sp³-hybridized carbons (Fsp3) is 0.263. The summed E-state index contributed by atoms with van der Waals surface area (Å²) in [7, 11) is 1.72. The zero-order valence-electron chi connectivity index (χ0n) is 13.8. The molecule has 0 spiro atoms. The molecule has 0 atom stereocenters. The second-order valence-electron chi connectivity index (χ2n) is 5.89. The topological polar surface area (TPSA) is 58.6 Å². The third kappa shape index (κ3) is 3.40. The number of rotatable bonds is 3. The summed E-state index contributed by atoms with van der Waals surface area (Å²) in [6.07, 6.45) is 0.662. The van der Waals surface area contributed by atoms with E-state index in [4.69, 9.17) is 4.74 Å². The summed E-state index contributed by atoms with van der Waals surface area (Å²) in [5.41, 5.74) is 3.41. The zero-order chi connectivity index (χ0) is 17.1. The molecule has 0 unspecified atom stereocenters. The van der Waals surface area contributed by atoms with E-state index in [1.54, 1.807) is 30.1 Å². The van der Waals surface area contributed by atoms with E-state index in [9.17, 15) is 9.59 Å². The van der Waals surface area contributed by atoms with Crippen LogP contribution < -0.4 is 15.0 Å². The molecule has 2 amide bonds. The van der Waals surface area contributed by atoms with Gasteiger partial charge in [-0.05, 0) is 36.2 Å². The molecule has 1 aliphatic heterocycles. The zero-order valence-corrected chi connectivity index (χ0v) is 13.8. The second-order valence-corrected chi connectivity index (χ2v) is 5.89. The maximum Gasteiger partial charge on any atom is 0.230 e. The predicted octanol–water partition coefficient (Wildman–Crippen LogP) is 2.92. The number of hydrogen-bond acceptors (Lipinski definition) is 3. The molecule has 3 rings (SSSR count). The van der Waals surface area contributed by atoms with E-state index in [2.05, 4.69) is 5.32 Å². The van der Waals surface area contributed by atoms with E-state index in [1.807, 2.05) is 31.2 Å². The first-order valence-electron chi connectivity index (χ1n) is 7.92. The van der Waals surface area contributed by atoms with Crippen molar-refractivity contribution in [3.05, 3.63) is 53.6 Å². The van der Waals surface area contributed by atoms with Crippen molar-refractivity contribution in [3.8, 4) is 5.75 Å². The normalized spacial score (nSPS) is 13.8. The first kappa shape index (κ1) is 16.1. The Bertz CT molecular complexity index is 786. The van der Waals surface area contributed by atoms with Crippen LogP contribution >= 0.6 is 0 Å². The summed E-state index contributed by atoms with van der Waals surface area (Å²) in [5.74, 6) is 0.560. The molecule has 2 aromatic carbocycles. The van der Waals surface area contributed by atoms with Crippen molar-refractivity contribution in [3.63, 3.8) is 0 Å². The maximum atomic E-state index is 12.3. The van der Waals surface area contributed by atoms with Gasteiger partial charge in [-0.1, -0.05) is 24.3 Å². The molecule has 0 aromatic heterocycles. The highest BCUT2D eigenvalue weighted by Gasteiger charge is 2.20. The predicted molar refractivity (Wildman–Crippen MR) is 93.5 cm³/mol. The third-order valence-electron chi connectivity index (χ3n) is 4.16. The van der Waals surface area contributed by atoms with Crippen LogP contribution in [0.25, 0.3) is 0 Å². The minimum Gasteiger partial charge on any atom is -0.491 e. The number of benzene rings is 2. The summed E-state index contributed by atoms with van der Waals surface area (Å²) >= 11 is 0. The minimum absolute atomic E-state index is 0.00265. The molecule has 5 heteroatoms. The Morgan fingerprint density at radius 1 is 1.25 bits per heavy atom. The number of anilines is 2. The quantitative estimate of drug-likeness (QED) is 0.944. The van der Waals surface area contributed by atoms with Gasteiger partial charge in [-0.15, -0.1) is 0 Å². The molecule has 24 heavy (non-hydrogen) atoms. The summed E-state index contributed by atoms with van der Waals surface area (Å²) in [6.45, 7) is 2.36. The van der Waals surface area contributed by atoms with Crippen molar-refractivity contribution < 1.29 is 14.3 Å². The lowest BCUT2D eigenvalue weighted by molar-refractivity contribution is -0.118. The largest absolute Gasteiger partial charge is 0.491 e. The first-order chi connectivity index (χ1) is 11.5. The lowest BCUT2D eigenvalue weighted by Crippen LogP contribution is -2.25. The molecule has 2 aromatic rings. The van der Waals surface area contributed by atoms with Crippen LogP contribution in [0.4, 0.5) is 11.4 Å². The maximum absolute atomic E-state index is 12.3. The van der Waals surface area contributed by atoms with Gasteiger partial charge in [-0.3, -0.25) is 9.59 Å². The molecule has 1 aliphatic rings. The highest BCUT2D eigenvalue weighted by Crippen LogP contribution is 2.33. The van der Waals surface area contributed by atoms with Crippen LogP contribution in [0.15, 0.2) is 42.5 Å². The molecule has 0 aliphatic carbocycles. The van der Waals surface area contributed by atoms with E-state index in [-0.39, 0.29) is 11.8 Å². The van der Waals surface area contributed by atoms with E-state index < -0.39 is 0 Å². The van der Waals surface area contributed by atoms with E-state index in [0.29, 0.717) is 36.6 Å². The fourth-order valence-corrected chi connectivity index (χ4v) is 2.72. The second kappa shape index (κ2) is 6.74. The molecule has 0 bridgehead atoms. The van der Waals surface area contributed by atoms with E-state index in [1.165, 1.54) is 0 Å². The highest BCUT2D eigenvalue weighted by atomic mass is 16.5. The number of fused-ring (bicyclic) bond motifs is 1. The average Bonchev–Trinajstić information content (AvgIpc) is 2.70. The Hall–Kier alpha value is -2.82. The SMILES string of the molecule is Cc1ccccc1CC(=O)Nc1ccc2c(c1)N(C)C(=O)CCO2. The summed E-state index contributed by atoms with van der Waals surface area (Å²) in [6, 6.07) is 13.2. The molecule has 5 nitrogen and oxygen atoms in total. The smallest absolute Gasteiger partial charge is 0.230 e. The Morgan fingerprint density at radius 3 is 2.83 bits per heavy atom. The Balaban J connectivity index is 1.76. The molecule has 0 saturated carbocycles. The Morgan fingerprint density at radius 2 is 2.04 bits per heavy atom. The standard InChI is InChI=1S/C19H20N2O3/c1-13-5-3-4-6-14(13)11-18(22)20-15-7-8-17-16(12-15)21(2)19(23)9-10-24-17/h3-8,12H,9-11H2,1-2H3,(H,20,22). The van der Waals surface area contributed by atoms with E-state index >= 15 is 0 Å². The summed E-state index contributed by atoms with van der Waals surface area (Å²) in [4.78, 5) is 25.8. The number of amides is 2. The average molecular weight is 324 g/mol. The molecule has 0 radical (unpaired) electrons. The van der Waals surface area contributed by atoms with Crippen LogP contribution in [-0.2, 0) is 16.0 Å². The summed E-state index contributed by atoms with van der Waals surface area (Å²) in [5, 5.41) is 2.89. The number of ether oxygens (including phenoxy) is 1. The molecule has 0 saturated heterocycles. The van der Waals surface area contributed by atoms with Crippen LogP contribution in [0.3, 0.4) is 0 Å². The Labute approximate surface area is 141 Å². The third-order valence-corrected chi connectivity index (χ3v) is 4.16. The van der Waals surface area contributed by atoms with Gasteiger partial charge in [0.05, 0.1) is 25.1 Å². The number of nitrogens with zero attached hydrogens (tertiary/aromatic N) is 1. The van der Waals surface area contributed by atoms with Gasteiger partial charge in [0.25, 0.3) is 0 Å². The van der Waals surface area contributed by atoms with Gasteiger partial charge in [-0.25, -0.2) is 0 Å². The monoisotopic (exact) mass is 324 g/mol. The number of hydrogen-bond donors (Lipinski definition) is 1. The number of carbonyl (C=O) groups excluding carboxylic acids is 2. The van der Waals surface area contributed by atoms with Gasteiger partial charge >= 0.3 is 0 Å². The molecular weight excluding hydrogens is 304 g/mol. The molecule has 124 valence electrons. The number of carbonyl (C=O) groups is 2. The molecule has 0 fully saturated rings. The van der Waals surface area contributed by atoms with Crippen molar-refractivity contribution in [2.24, 2.45) is 0 Å². The lowest BCUT2D eigenvalue weighted by atomic mass is 10.1. The van der Waals surface area contributed by atoms with Gasteiger partial charge in [0.2, 0.25) is 11.8 Å². The molecule has 1 N–H and O–H groups in total. The lowest BCUT2D eigenvalue weighted by Gasteiger charge is -2.17. The minimum atomic E-state index is -0.0900. The van der Waals surface area contributed by atoms with Crippen molar-refractivity contribution >= 4 is 23.2 Å². The summed E-state index contributed by atoms with van der Waals surface area (Å²) < 4.78 is 5.59. The van der Waals surface area contributed by atoms with Crippen LogP contribution in [0.2, 0.25) is 0 Å². The van der Waals surface area contributed by atoms with Gasteiger partial charge in [-0.2, -0.15) is 0 Å². The van der Waals surface area contributed by atoms with Crippen LogP contribution in [0, 0.1) is 6.92 Å². The van der Waals surface area contributed by atoms with Crippen molar-refractivity contribution in [2.45, 2.75) is 19.8 Å². The first-order valence-corrected chi connectivity index (χ1v) is 7.92. The van der Waals surface area contributed by atoms with Gasteiger partial charge in [0.1, 0.15) is 5.75 Å². The van der Waals surface area contributed by atoms with Crippen molar-refractivity contribution in [1.82, 2.24) is 0 Å². The fourth-order valence-electron chi connectivity index (χ4n) is 2.72. The number of nitrogens with one attached hydrogen (secondary N) is 1. The molecular formula is C19H20N2O3. The van der Waals surface area contributed by atoms with Gasteiger partial charge in [0, 0.05) is 12.7 Å². The molecule has 1 heterocycles. The van der Waals surface area contributed by atoms with Gasteiger partial charge < -0.3 is 15.0 Å². The van der Waals surface area contributed by atoms with E-state index in [0.717, 1.165) is 11.1 Å². The number of aryl methyl sites for hydroxylation is 1. The van der Waals surface area contributed by atoms with Crippen LogP contribution in [0.5, 0.6) is 5.75 Å². The van der Waals surface area contributed by atoms with Gasteiger partial charge in [0.15, 0.2) is 0 Å². The highest BCUT2D eigenvalue weighted by molar-refractivity contribution is 5.97. The van der Waals surface area contributed by atoms with Crippen molar-refractivity contribution in [1.29, 1.82) is 0 Å². The Kier molecular flexibility index (Phi) is 4.51. The van der Waals surface area contributed by atoms with Crippen LogP contribution in [-0.4, -0.2) is 25.5 Å².